The van der Waals surface area contributed by atoms with Crippen molar-refractivity contribution in [3.05, 3.63) is 34.4 Å². The van der Waals surface area contributed by atoms with E-state index in [2.05, 4.69) is 14.8 Å². The zero-order valence-electron chi connectivity index (χ0n) is 14.0. The first kappa shape index (κ1) is 18.9. The first-order valence-corrected chi connectivity index (χ1v) is 7.18. The van der Waals surface area contributed by atoms with Crippen molar-refractivity contribution in [2.75, 3.05) is 13.7 Å². The van der Waals surface area contributed by atoms with Crippen molar-refractivity contribution >= 4 is 12.1 Å². The maximum absolute atomic E-state index is 11.9. The first-order valence-electron chi connectivity index (χ1n) is 7.18. The monoisotopic (exact) mass is 326 g/mol. The van der Waals surface area contributed by atoms with Gasteiger partial charge in [0, 0.05) is 13.5 Å². The van der Waals surface area contributed by atoms with Gasteiger partial charge in [-0.05, 0) is 38.8 Å². The van der Waals surface area contributed by atoms with Gasteiger partial charge in [-0.1, -0.05) is 17.7 Å². The molecule has 1 atom stereocenters. The normalized spacial score (nSPS) is 11.7. The summed E-state index contributed by atoms with van der Waals surface area (Å²) in [4.78, 5) is 31.8. The van der Waals surface area contributed by atoms with Crippen molar-refractivity contribution in [2.45, 2.75) is 40.2 Å². The largest absolute Gasteiger partial charge is 0.543 e. The Kier molecular flexibility index (Phi) is 7.50. The second-order valence-electron chi connectivity index (χ2n) is 5.23. The molecule has 7 heteroatoms. The summed E-state index contributed by atoms with van der Waals surface area (Å²) in [6.07, 6.45) is -0.639. The number of aryl methyl sites for hydroxylation is 3. The fourth-order valence-corrected chi connectivity index (χ4v) is 2.07. The van der Waals surface area contributed by atoms with Gasteiger partial charge in [-0.2, -0.15) is 0 Å². The predicted octanol–water partition coefficient (Wildman–Crippen LogP) is 3.19. The maximum Gasteiger partial charge on any atom is 0.543 e. The lowest BCUT2D eigenvalue weighted by Crippen LogP contribution is -2.16. The molecule has 1 aromatic rings. The molecule has 23 heavy (non-hydrogen) atoms. The molecule has 1 unspecified atom stereocenters. The lowest BCUT2D eigenvalue weighted by molar-refractivity contribution is -0.452. The zero-order chi connectivity index (χ0) is 17.4. The summed E-state index contributed by atoms with van der Waals surface area (Å²) in [5, 5.41) is 4.18. The molecule has 0 aliphatic carbocycles. The van der Waals surface area contributed by atoms with E-state index >= 15 is 0 Å². The van der Waals surface area contributed by atoms with Crippen LogP contribution in [0.25, 0.3) is 0 Å². The minimum atomic E-state index is -1.10. The molecule has 0 aliphatic rings. The Labute approximate surface area is 135 Å². The Hall–Kier alpha value is -2.12. The topological polar surface area (TPSA) is 80.3 Å². The highest BCUT2D eigenvalue weighted by atomic mass is 17.5. The molecule has 1 aromatic carbocycles. The number of hydrogen-bond acceptors (Lipinski definition) is 7. The molecule has 0 bridgehead atoms. The van der Waals surface area contributed by atoms with Crippen molar-refractivity contribution < 1.29 is 33.9 Å². The Bertz CT molecular complexity index is 530. The van der Waals surface area contributed by atoms with Gasteiger partial charge in [0.1, 0.15) is 0 Å². The molecule has 128 valence electrons. The van der Waals surface area contributed by atoms with Crippen LogP contribution in [0.5, 0.6) is 0 Å². The number of hydrogen-bond donors (Lipinski definition) is 0. The third kappa shape index (κ3) is 6.25. The predicted molar refractivity (Wildman–Crippen MR) is 80.7 cm³/mol. The fourth-order valence-electron chi connectivity index (χ4n) is 2.07. The Morgan fingerprint density at radius 3 is 2.26 bits per heavy atom. The Morgan fingerprint density at radius 2 is 1.70 bits per heavy atom. The number of carbonyl (C=O) groups is 2. The van der Waals surface area contributed by atoms with Crippen LogP contribution in [0.4, 0.5) is 4.79 Å². The van der Waals surface area contributed by atoms with E-state index in [9.17, 15) is 9.59 Å². The summed E-state index contributed by atoms with van der Waals surface area (Å²) >= 11 is 0. The lowest BCUT2D eigenvalue weighted by atomic mass is 10.0. The van der Waals surface area contributed by atoms with Crippen molar-refractivity contribution in [1.82, 2.24) is 0 Å². The van der Waals surface area contributed by atoms with Gasteiger partial charge in [0.2, 0.25) is 0 Å². The van der Waals surface area contributed by atoms with Gasteiger partial charge >= 0.3 is 12.1 Å². The van der Waals surface area contributed by atoms with Gasteiger partial charge in [0.25, 0.3) is 0 Å². The van der Waals surface area contributed by atoms with Crippen molar-refractivity contribution in [1.29, 1.82) is 0 Å². The van der Waals surface area contributed by atoms with E-state index in [-0.39, 0.29) is 12.7 Å². The van der Waals surface area contributed by atoms with Crippen LogP contribution < -0.4 is 0 Å². The second kappa shape index (κ2) is 9.12. The number of benzene rings is 1. The summed E-state index contributed by atoms with van der Waals surface area (Å²) < 4.78 is 9.70. The third-order valence-corrected chi connectivity index (χ3v) is 3.24. The summed E-state index contributed by atoms with van der Waals surface area (Å²) in [6.45, 7) is 7.42. The summed E-state index contributed by atoms with van der Waals surface area (Å²) in [5.41, 5.74) is 2.88. The first-order chi connectivity index (χ1) is 10.8. The van der Waals surface area contributed by atoms with E-state index in [4.69, 9.17) is 9.47 Å². The molecule has 0 amide bonds. The highest BCUT2D eigenvalue weighted by molar-refractivity contribution is 5.92. The SMILES string of the molecule is COC(C)CCOC(=O)OOOC(=O)c1c(C)cc(C)cc1C. The molecule has 0 aliphatic heterocycles. The van der Waals surface area contributed by atoms with Crippen LogP contribution in [0, 0.1) is 20.8 Å². The zero-order valence-corrected chi connectivity index (χ0v) is 14.0. The smallest absolute Gasteiger partial charge is 0.432 e. The molecule has 0 radical (unpaired) electrons. The molecular weight excluding hydrogens is 304 g/mol. The van der Waals surface area contributed by atoms with E-state index in [1.165, 1.54) is 0 Å². The van der Waals surface area contributed by atoms with Crippen LogP contribution in [0.2, 0.25) is 0 Å². The van der Waals surface area contributed by atoms with Gasteiger partial charge < -0.3 is 9.47 Å². The van der Waals surface area contributed by atoms with E-state index < -0.39 is 12.1 Å². The van der Waals surface area contributed by atoms with Crippen molar-refractivity contribution in [2.24, 2.45) is 0 Å². The van der Waals surface area contributed by atoms with Crippen molar-refractivity contribution in [3.63, 3.8) is 0 Å². The van der Waals surface area contributed by atoms with E-state index in [1.54, 1.807) is 21.0 Å². The third-order valence-electron chi connectivity index (χ3n) is 3.24. The van der Waals surface area contributed by atoms with Gasteiger partial charge in [-0.3, -0.25) is 4.89 Å². The lowest BCUT2D eigenvalue weighted by Gasteiger charge is -2.10. The standard InChI is InChI=1S/C16H22O7/c1-10-8-11(2)14(12(3)9-10)15(17)21-23-22-16(18)20-7-6-13(4)19-5/h8-9,13H,6-7H2,1-5H3. The molecule has 0 spiro atoms. The molecule has 0 aromatic heterocycles. The molecule has 1 rings (SSSR count). The van der Waals surface area contributed by atoms with Gasteiger partial charge in [0.05, 0.1) is 23.3 Å². The minimum Gasteiger partial charge on any atom is -0.432 e. The number of methoxy groups -OCH3 is 1. The van der Waals surface area contributed by atoms with Crippen LogP contribution in [-0.2, 0) is 24.3 Å². The molecular formula is C16H22O7. The molecule has 0 fully saturated rings. The summed E-state index contributed by atoms with van der Waals surface area (Å²) in [6, 6.07) is 3.69. The van der Waals surface area contributed by atoms with Crippen LogP contribution in [0.1, 0.15) is 40.4 Å². The van der Waals surface area contributed by atoms with Crippen molar-refractivity contribution in [3.8, 4) is 0 Å². The van der Waals surface area contributed by atoms with Crippen LogP contribution >= 0.6 is 0 Å². The molecule has 0 N–H and O–H groups in total. The van der Waals surface area contributed by atoms with Crippen LogP contribution in [0.3, 0.4) is 0 Å². The summed E-state index contributed by atoms with van der Waals surface area (Å²) in [7, 11) is 1.56. The van der Waals surface area contributed by atoms with Gasteiger partial charge in [-0.15, -0.1) is 0 Å². The van der Waals surface area contributed by atoms with E-state index in [0.717, 1.165) is 16.7 Å². The number of carbonyl (C=O) groups excluding carboxylic acids is 2. The Morgan fingerprint density at radius 1 is 1.09 bits per heavy atom. The average Bonchev–Trinajstić information content (AvgIpc) is 2.45. The maximum atomic E-state index is 11.9. The van der Waals surface area contributed by atoms with E-state index in [1.807, 2.05) is 26.0 Å². The minimum absolute atomic E-state index is 0.0472. The van der Waals surface area contributed by atoms with E-state index in [0.29, 0.717) is 12.0 Å². The number of rotatable bonds is 7. The van der Waals surface area contributed by atoms with Gasteiger partial charge in [-0.25, -0.2) is 14.5 Å². The average molecular weight is 326 g/mol. The van der Waals surface area contributed by atoms with Crippen LogP contribution in [0.15, 0.2) is 12.1 Å². The molecule has 0 saturated heterocycles. The Balaban J connectivity index is 2.38. The highest BCUT2D eigenvalue weighted by Gasteiger charge is 2.17. The quantitative estimate of drug-likeness (QED) is 0.432. The molecule has 0 saturated carbocycles. The molecule has 7 nitrogen and oxygen atoms in total. The second-order valence-corrected chi connectivity index (χ2v) is 5.23. The highest BCUT2D eigenvalue weighted by Crippen LogP contribution is 2.17. The fraction of sp³-hybridized carbons (Fsp3) is 0.500. The summed E-state index contributed by atoms with van der Waals surface area (Å²) in [5.74, 6) is -0.749. The molecule has 0 heterocycles. The van der Waals surface area contributed by atoms with Crippen LogP contribution in [-0.4, -0.2) is 31.9 Å². The number of ether oxygens (including phenoxy) is 2. The van der Waals surface area contributed by atoms with Gasteiger partial charge in [0.15, 0.2) is 0 Å².